The summed E-state index contributed by atoms with van der Waals surface area (Å²) in [6.45, 7) is 6.66. The van der Waals surface area contributed by atoms with Crippen LogP contribution in [0.3, 0.4) is 0 Å². The molecule has 1 fully saturated rings. The standard InChI is InChI=1S/C10H17N3OS/c1-4-14-10(2,3)8-12-9(15-13-8)11-7-5-6-7/h7H,4-6H2,1-3H3,(H,11,12,13). The minimum atomic E-state index is -0.380. The summed E-state index contributed by atoms with van der Waals surface area (Å²) >= 11 is 1.42. The van der Waals surface area contributed by atoms with Crippen LogP contribution in [-0.4, -0.2) is 22.0 Å². The topological polar surface area (TPSA) is 47.0 Å². The highest BCUT2D eigenvalue weighted by Crippen LogP contribution is 2.29. The average molecular weight is 227 g/mol. The summed E-state index contributed by atoms with van der Waals surface area (Å²) in [6.07, 6.45) is 2.51. The summed E-state index contributed by atoms with van der Waals surface area (Å²) in [5.74, 6) is 0.775. The van der Waals surface area contributed by atoms with Gasteiger partial charge in [0.1, 0.15) is 5.60 Å². The molecule has 0 aromatic carbocycles. The van der Waals surface area contributed by atoms with E-state index in [0.29, 0.717) is 12.6 Å². The summed E-state index contributed by atoms with van der Waals surface area (Å²) < 4.78 is 9.93. The van der Waals surface area contributed by atoms with Crippen molar-refractivity contribution in [1.29, 1.82) is 0 Å². The lowest BCUT2D eigenvalue weighted by atomic mass is 10.1. The summed E-state index contributed by atoms with van der Waals surface area (Å²) in [4.78, 5) is 4.45. The van der Waals surface area contributed by atoms with Crippen molar-refractivity contribution in [3.63, 3.8) is 0 Å². The van der Waals surface area contributed by atoms with E-state index in [1.165, 1.54) is 24.4 Å². The minimum absolute atomic E-state index is 0.380. The van der Waals surface area contributed by atoms with E-state index in [0.717, 1.165) is 11.0 Å². The van der Waals surface area contributed by atoms with Gasteiger partial charge in [0.05, 0.1) is 0 Å². The Labute approximate surface area is 94.2 Å². The smallest absolute Gasteiger partial charge is 0.202 e. The van der Waals surface area contributed by atoms with Gasteiger partial charge in [-0.25, -0.2) is 4.98 Å². The van der Waals surface area contributed by atoms with Crippen molar-refractivity contribution in [3.05, 3.63) is 5.82 Å². The van der Waals surface area contributed by atoms with Crippen LogP contribution in [0.5, 0.6) is 0 Å². The van der Waals surface area contributed by atoms with Crippen molar-refractivity contribution in [1.82, 2.24) is 9.36 Å². The number of hydrogen-bond donors (Lipinski definition) is 1. The molecule has 0 saturated heterocycles. The maximum atomic E-state index is 5.60. The normalized spacial score (nSPS) is 16.7. The van der Waals surface area contributed by atoms with Crippen LogP contribution in [0.1, 0.15) is 39.4 Å². The number of nitrogens with zero attached hydrogens (tertiary/aromatic N) is 2. The predicted octanol–water partition coefficient (Wildman–Crippen LogP) is 2.38. The van der Waals surface area contributed by atoms with Gasteiger partial charge in [-0.3, -0.25) is 0 Å². The highest BCUT2D eigenvalue weighted by atomic mass is 32.1. The number of aromatic nitrogens is 2. The molecule has 1 heterocycles. The van der Waals surface area contributed by atoms with Crippen LogP contribution in [0.4, 0.5) is 5.13 Å². The highest BCUT2D eigenvalue weighted by molar-refractivity contribution is 7.09. The SMILES string of the molecule is CCOC(C)(C)c1nsc(NC2CC2)n1. The molecule has 0 radical (unpaired) electrons. The van der Waals surface area contributed by atoms with Gasteiger partial charge in [0.2, 0.25) is 5.13 Å². The summed E-state index contributed by atoms with van der Waals surface area (Å²) in [7, 11) is 0. The van der Waals surface area contributed by atoms with Crippen LogP contribution in [0.15, 0.2) is 0 Å². The molecule has 0 atom stereocenters. The molecule has 0 bridgehead atoms. The Morgan fingerprint density at radius 3 is 2.87 bits per heavy atom. The number of ether oxygens (including phenoxy) is 1. The Hall–Kier alpha value is -0.680. The Morgan fingerprint density at radius 2 is 2.27 bits per heavy atom. The summed E-state index contributed by atoms with van der Waals surface area (Å²) in [5.41, 5.74) is -0.380. The molecule has 2 rings (SSSR count). The van der Waals surface area contributed by atoms with Crippen molar-refractivity contribution in [3.8, 4) is 0 Å². The van der Waals surface area contributed by atoms with Crippen molar-refractivity contribution < 1.29 is 4.74 Å². The van der Waals surface area contributed by atoms with Crippen LogP contribution in [0.25, 0.3) is 0 Å². The maximum absolute atomic E-state index is 5.60. The molecule has 1 aliphatic rings. The number of rotatable bonds is 5. The fraction of sp³-hybridized carbons (Fsp3) is 0.800. The molecular formula is C10H17N3OS. The lowest BCUT2D eigenvalue weighted by Gasteiger charge is -2.20. The summed E-state index contributed by atoms with van der Waals surface area (Å²) in [6, 6.07) is 0.626. The molecule has 0 unspecified atom stereocenters. The second-order valence-electron chi connectivity index (χ2n) is 4.29. The van der Waals surface area contributed by atoms with Gasteiger partial charge in [-0.2, -0.15) is 4.37 Å². The second-order valence-corrected chi connectivity index (χ2v) is 5.04. The van der Waals surface area contributed by atoms with Gasteiger partial charge in [0.15, 0.2) is 5.82 Å². The van der Waals surface area contributed by atoms with Crippen LogP contribution in [0.2, 0.25) is 0 Å². The minimum Gasteiger partial charge on any atom is -0.368 e. The molecule has 84 valence electrons. The van der Waals surface area contributed by atoms with E-state index < -0.39 is 0 Å². The van der Waals surface area contributed by atoms with Crippen LogP contribution >= 0.6 is 11.5 Å². The first-order valence-corrected chi connectivity index (χ1v) is 6.14. The molecule has 1 aromatic rings. The first kappa shape index (κ1) is 10.8. The average Bonchev–Trinajstić information content (AvgIpc) is 2.81. The molecule has 0 spiro atoms. The first-order chi connectivity index (χ1) is 7.12. The van der Waals surface area contributed by atoms with E-state index in [-0.39, 0.29) is 5.60 Å². The third kappa shape index (κ3) is 2.66. The van der Waals surface area contributed by atoms with Gasteiger partial charge in [-0.15, -0.1) is 0 Å². The third-order valence-corrected chi connectivity index (χ3v) is 3.02. The molecule has 15 heavy (non-hydrogen) atoms. The quantitative estimate of drug-likeness (QED) is 0.839. The molecule has 1 saturated carbocycles. The molecule has 0 amide bonds. The highest BCUT2D eigenvalue weighted by Gasteiger charge is 2.27. The molecule has 1 N–H and O–H groups in total. The number of anilines is 1. The fourth-order valence-electron chi connectivity index (χ4n) is 1.35. The van der Waals surface area contributed by atoms with Gasteiger partial charge in [-0.1, -0.05) is 0 Å². The van der Waals surface area contributed by atoms with Gasteiger partial charge >= 0.3 is 0 Å². The Kier molecular flexibility index (Phi) is 2.93. The lowest BCUT2D eigenvalue weighted by molar-refractivity contribution is -0.0198. The van der Waals surface area contributed by atoms with Crippen LogP contribution in [-0.2, 0) is 10.3 Å². The second kappa shape index (κ2) is 4.06. The molecule has 1 aromatic heterocycles. The first-order valence-electron chi connectivity index (χ1n) is 5.36. The van der Waals surface area contributed by atoms with Crippen molar-refractivity contribution >= 4 is 16.7 Å². The zero-order valence-corrected chi connectivity index (χ0v) is 10.2. The van der Waals surface area contributed by atoms with E-state index in [1.807, 2.05) is 20.8 Å². The lowest BCUT2D eigenvalue weighted by Crippen LogP contribution is -2.23. The molecule has 5 heteroatoms. The van der Waals surface area contributed by atoms with E-state index in [4.69, 9.17) is 4.74 Å². The third-order valence-electron chi connectivity index (χ3n) is 2.37. The van der Waals surface area contributed by atoms with E-state index in [1.54, 1.807) is 0 Å². The van der Waals surface area contributed by atoms with Gasteiger partial charge in [-0.05, 0) is 33.6 Å². The maximum Gasteiger partial charge on any atom is 0.202 e. The van der Waals surface area contributed by atoms with Crippen LogP contribution < -0.4 is 5.32 Å². The molecule has 1 aliphatic carbocycles. The zero-order chi connectivity index (χ0) is 10.9. The molecule has 0 aliphatic heterocycles. The Bertz CT molecular complexity index is 333. The number of nitrogens with one attached hydrogen (secondary N) is 1. The molecule has 4 nitrogen and oxygen atoms in total. The Balaban J connectivity index is 2.04. The Morgan fingerprint density at radius 1 is 1.53 bits per heavy atom. The van der Waals surface area contributed by atoms with Gasteiger partial charge in [0.25, 0.3) is 0 Å². The van der Waals surface area contributed by atoms with Crippen molar-refractivity contribution in [2.45, 2.75) is 45.3 Å². The van der Waals surface area contributed by atoms with Gasteiger partial charge < -0.3 is 10.1 Å². The zero-order valence-electron chi connectivity index (χ0n) is 9.41. The number of hydrogen-bond acceptors (Lipinski definition) is 5. The summed E-state index contributed by atoms with van der Waals surface area (Å²) in [5, 5.41) is 4.26. The van der Waals surface area contributed by atoms with Crippen molar-refractivity contribution in [2.75, 3.05) is 11.9 Å². The predicted molar refractivity (Wildman–Crippen MR) is 61.2 cm³/mol. The fourth-order valence-corrected chi connectivity index (χ4v) is 2.13. The monoisotopic (exact) mass is 227 g/mol. The molecular weight excluding hydrogens is 210 g/mol. The van der Waals surface area contributed by atoms with E-state index in [2.05, 4.69) is 14.7 Å². The van der Waals surface area contributed by atoms with Crippen molar-refractivity contribution in [2.24, 2.45) is 0 Å². The largest absolute Gasteiger partial charge is 0.368 e. The van der Waals surface area contributed by atoms with Crippen LogP contribution in [0, 0.1) is 0 Å². The van der Waals surface area contributed by atoms with Gasteiger partial charge in [0, 0.05) is 24.2 Å². The van der Waals surface area contributed by atoms with E-state index in [9.17, 15) is 0 Å². The van der Waals surface area contributed by atoms with E-state index >= 15 is 0 Å².